The normalized spacial score (nSPS) is 12.0. The summed E-state index contributed by atoms with van der Waals surface area (Å²) in [5.74, 6) is -0.334. The van der Waals surface area contributed by atoms with Crippen LogP contribution in [0, 0.1) is 0 Å². The van der Waals surface area contributed by atoms with Gasteiger partial charge in [0.25, 0.3) is 0 Å². The fraction of sp³-hybridized carbons (Fsp3) is 0.947. The molecule has 0 fully saturated rings. The van der Waals surface area contributed by atoms with Gasteiger partial charge in [0.2, 0.25) is 0 Å². The molecular formula is C38H74O4. The van der Waals surface area contributed by atoms with Crippen molar-refractivity contribution in [2.75, 3.05) is 6.61 Å². The van der Waals surface area contributed by atoms with Crippen LogP contribution in [0.3, 0.4) is 0 Å². The van der Waals surface area contributed by atoms with Crippen molar-refractivity contribution in [1.82, 2.24) is 0 Å². The van der Waals surface area contributed by atoms with Crippen LogP contribution in [-0.2, 0) is 19.1 Å². The minimum Gasteiger partial charge on any atom is -0.462 e. The lowest BCUT2D eigenvalue weighted by atomic mass is 10.0. The molecule has 0 spiro atoms. The maximum absolute atomic E-state index is 12.1. The minimum atomic E-state index is -0.366. The zero-order valence-corrected chi connectivity index (χ0v) is 28.8. The van der Waals surface area contributed by atoms with E-state index in [1.807, 2.05) is 6.92 Å². The lowest BCUT2D eigenvalue weighted by Crippen LogP contribution is -2.22. The van der Waals surface area contributed by atoms with Crippen LogP contribution in [0.15, 0.2) is 0 Å². The number of hydrogen-bond acceptors (Lipinski definition) is 4. The van der Waals surface area contributed by atoms with Gasteiger partial charge < -0.3 is 9.47 Å². The van der Waals surface area contributed by atoms with Gasteiger partial charge in [-0.15, -0.1) is 0 Å². The van der Waals surface area contributed by atoms with Crippen LogP contribution in [0.25, 0.3) is 0 Å². The van der Waals surface area contributed by atoms with Crippen LogP contribution in [0.2, 0.25) is 0 Å². The second-order valence-corrected chi connectivity index (χ2v) is 13.0. The minimum absolute atomic E-state index is 0.167. The van der Waals surface area contributed by atoms with Gasteiger partial charge in [0.15, 0.2) is 0 Å². The molecule has 0 bridgehead atoms. The van der Waals surface area contributed by atoms with Crippen molar-refractivity contribution in [3.63, 3.8) is 0 Å². The van der Waals surface area contributed by atoms with Gasteiger partial charge in [0.1, 0.15) is 12.7 Å². The van der Waals surface area contributed by atoms with E-state index in [0.29, 0.717) is 12.8 Å². The van der Waals surface area contributed by atoms with Crippen LogP contribution in [-0.4, -0.2) is 24.6 Å². The van der Waals surface area contributed by atoms with E-state index < -0.39 is 0 Å². The Morgan fingerprint density at radius 3 is 0.976 bits per heavy atom. The average molecular weight is 595 g/mol. The Labute approximate surface area is 263 Å². The zero-order valence-electron chi connectivity index (χ0n) is 28.8. The number of ether oxygens (including phenoxy) is 2. The molecule has 0 aromatic heterocycles. The molecular weight excluding hydrogens is 520 g/mol. The largest absolute Gasteiger partial charge is 0.462 e. The molecule has 0 N–H and O–H groups in total. The van der Waals surface area contributed by atoms with Crippen LogP contribution in [0.4, 0.5) is 0 Å². The highest BCUT2D eigenvalue weighted by Gasteiger charge is 2.12. The summed E-state index contributed by atoms with van der Waals surface area (Å²) in [6.45, 7) is 6.53. The van der Waals surface area contributed by atoms with Gasteiger partial charge in [0, 0.05) is 12.8 Å². The number of esters is 2. The summed E-state index contributed by atoms with van der Waals surface area (Å²) >= 11 is 0. The molecule has 0 aromatic carbocycles. The fourth-order valence-corrected chi connectivity index (χ4v) is 5.70. The molecule has 0 aromatic rings. The monoisotopic (exact) mass is 595 g/mol. The second kappa shape index (κ2) is 34.4. The first kappa shape index (κ1) is 40.9. The van der Waals surface area contributed by atoms with Crippen LogP contribution >= 0.6 is 0 Å². The van der Waals surface area contributed by atoms with E-state index in [0.717, 1.165) is 25.7 Å². The Morgan fingerprint density at radius 1 is 0.405 bits per heavy atom. The van der Waals surface area contributed by atoms with Crippen molar-refractivity contribution in [3.05, 3.63) is 0 Å². The van der Waals surface area contributed by atoms with Gasteiger partial charge >= 0.3 is 11.9 Å². The standard InChI is InChI=1S/C38H74O4/c1-4-6-8-10-12-14-16-18-19-20-22-23-25-27-29-31-33-37(39)41-35-36(3)42-38(40)34-32-30-28-26-24-21-17-15-13-11-9-7-5-2/h36H,4-35H2,1-3H3. The van der Waals surface area contributed by atoms with Gasteiger partial charge in [-0.05, 0) is 19.8 Å². The Kier molecular flexibility index (Phi) is 33.6. The van der Waals surface area contributed by atoms with E-state index >= 15 is 0 Å². The lowest BCUT2D eigenvalue weighted by molar-refractivity contribution is -0.158. The summed E-state index contributed by atoms with van der Waals surface area (Å²) in [5, 5.41) is 0. The Morgan fingerprint density at radius 2 is 0.667 bits per heavy atom. The van der Waals surface area contributed by atoms with Crippen LogP contribution < -0.4 is 0 Å². The molecule has 1 atom stereocenters. The van der Waals surface area contributed by atoms with Crippen LogP contribution in [0.1, 0.15) is 220 Å². The van der Waals surface area contributed by atoms with Gasteiger partial charge in [0.05, 0.1) is 0 Å². The number of rotatable bonds is 34. The molecule has 0 aliphatic carbocycles. The summed E-state index contributed by atoms with van der Waals surface area (Å²) in [6.07, 6.45) is 38.6. The molecule has 0 rings (SSSR count). The van der Waals surface area contributed by atoms with E-state index in [9.17, 15) is 9.59 Å². The molecule has 0 radical (unpaired) electrons. The molecule has 0 aliphatic rings. The molecule has 0 heterocycles. The summed E-state index contributed by atoms with van der Waals surface area (Å²) in [4.78, 5) is 24.1. The Bertz CT molecular complexity index is 561. The average Bonchev–Trinajstić information content (AvgIpc) is 2.98. The maximum atomic E-state index is 12.1. The van der Waals surface area contributed by atoms with E-state index in [1.54, 1.807) is 0 Å². The number of hydrogen-bond donors (Lipinski definition) is 0. The topological polar surface area (TPSA) is 52.6 Å². The highest BCUT2D eigenvalue weighted by Crippen LogP contribution is 2.15. The molecule has 1 unspecified atom stereocenters. The van der Waals surface area contributed by atoms with Crippen molar-refractivity contribution in [1.29, 1.82) is 0 Å². The highest BCUT2D eigenvalue weighted by molar-refractivity contribution is 5.70. The van der Waals surface area contributed by atoms with E-state index in [-0.39, 0.29) is 24.6 Å². The predicted molar refractivity (Wildman–Crippen MR) is 181 cm³/mol. The van der Waals surface area contributed by atoms with Gasteiger partial charge in [-0.1, -0.05) is 187 Å². The third-order valence-electron chi connectivity index (χ3n) is 8.53. The maximum Gasteiger partial charge on any atom is 0.306 e. The van der Waals surface area contributed by atoms with Gasteiger partial charge in [-0.2, -0.15) is 0 Å². The number of unbranched alkanes of at least 4 members (excludes halogenated alkanes) is 27. The lowest BCUT2D eigenvalue weighted by Gasteiger charge is -2.13. The molecule has 0 saturated heterocycles. The van der Waals surface area contributed by atoms with Crippen molar-refractivity contribution >= 4 is 11.9 Å². The molecule has 4 nitrogen and oxygen atoms in total. The molecule has 0 saturated carbocycles. The second-order valence-electron chi connectivity index (χ2n) is 13.0. The van der Waals surface area contributed by atoms with Gasteiger partial charge in [-0.25, -0.2) is 0 Å². The first-order chi connectivity index (χ1) is 20.6. The van der Waals surface area contributed by atoms with Crippen molar-refractivity contribution < 1.29 is 19.1 Å². The van der Waals surface area contributed by atoms with E-state index in [1.165, 1.54) is 161 Å². The molecule has 0 amide bonds. The summed E-state index contributed by atoms with van der Waals surface area (Å²) < 4.78 is 10.8. The molecule has 4 heteroatoms. The summed E-state index contributed by atoms with van der Waals surface area (Å²) in [5.41, 5.74) is 0. The first-order valence-corrected chi connectivity index (χ1v) is 18.9. The summed E-state index contributed by atoms with van der Waals surface area (Å²) in [6, 6.07) is 0. The Balaban J connectivity index is 3.38. The third-order valence-corrected chi connectivity index (χ3v) is 8.53. The predicted octanol–water partition coefficient (Wildman–Crippen LogP) is 12.6. The van der Waals surface area contributed by atoms with E-state index in [2.05, 4.69) is 13.8 Å². The third kappa shape index (κ3) is 33.4. The highest BCUT2D eigenvalue weighted by atomic mass is 16.6. The smallest absolute Gasteiger partial charge is 0.306 e. The van der Waals surface area contributed by atoms with E-state index in [4.69, 9.17) is 9.47 Å². The number of carbonyl (C=O) groups excluding carboxylic acids is 2. The zero-order chi connectivity index (χ0) is 30.8. The first-order valence-electron chi connectivity index (χ1n) is 18.9. The number of carbonyl (C=O) groups is 2. The SMILES string of the molecule is CCCCCCCCCCCCCCCCCCC(=O)OCC(C)OC(=O)CCCCCCCCCCCCCCC. The van der Waals surface area contributed by atoms with Crippen molar-refractivity contribution in [3.8, 4) is 0 Å². The Hall–Kier alpha value is -1.06. The van der Waals surface area contributed by atoms with Crippen molar-refractivity contribution in [2.24, 2.45) is 0 Å². The summed E-state index contributed by atoms with van der Waals surface area (Å²) in [7, 11) is 0. The van der Waals surface area contributed by atoms with Crippen LogP contribution in [0.5, 0.6) is 0 Å². The molecule has 250 valence electrons. The molecule has 0 aliphatic heterocycles. The van der Waals surface area contributed by atoms with Gasteiger partial charge in [-0.3, -0.25) is 9.59 Å². The quantitative estimate of drug-likeness (QED) is 0.0549. The fourth-order valence-electron chi connectivity index (χ4n) is 5.70. The van der Waals surface area contributed by atoms with Crippen molar-refractivity contribution in [2.45, 2.75) is 226 Å². The molecule has 42 heavy (non-hydrogen) atoms.